The highest BCUT2D eigenvalue weighted by molar-refractivity contribution is 5.80. The van der Waals surface area contributed by atoms with E-state index < -0.39 is 0 Å². The summed E-state index contributed by atoms with van der Waals surface area (Å²) in [5.74, 6) is 1.49. The minimum atomic E-state index is 0.594. The fraction of sp³-hybridized carbons (Fsp3) is 0.500. The fourth-order valence-corrected chi connectivity index (χ4v) is 2.62. The predicted molar refractivity (Wildman–Crippen MR) is 77.3 cm³/mol. The molecular weight excluding hydrogens is 240 g/mol. The number of hydrogen-bond acceptors (Lipinski definition) is 4. The number of nitrogens with one attached hydrogen (secondary N) is 1. The highest BCUT2D eigenvalue weighted by Crippen LogP contribution is 2.21. The monoisotopic (exact) mass is 260 g/mol. The summed E-state index contributed by atoms with van der Waals surface area (Å²) >= 11 is 0. The van der Waals surface area contributed by atoms with Crippen molar-refractivity contribution in [1.82, 2.24) is 9.97 Å². The van der Waals surface area contributed by atoms with Crippen LogP contribution in [-0.2, 0) is 4.74 Å². The number of nitrogen functional groups attached to an aromatic ring is 1. The number of imidazole rings is 1. The summed E-state index contributed by atoms with van der Waals surface area (Å²) < 4.78 is 5.52. The molecule has 0 spiro atoms. The fourth-order valence-electron chi connectivity index (χ4n) is 2.62. The van der Waals surface area contributed by atoms with Crippen molar-refractivity contribution in [1.29, 1.82) is 0 Å². The summed E-state index contributed by atoms with van der Waals surface area (Å²) in [6, 6.07) is 5.74. The van der Waals surface area contributed by atoms with E-state index in [1.165, 1.54) is 6.42 Å². The number of ether oxygens (including phenoxy) is 1. The first-order valence-electron chi connectivity index (χ1n) is 6.76. The van der Waals surface area contributed by atoms with Gasteiger partial charge < -0.3 is 20.4 Å². The average Bonchev–Trinajstić information content (AvgIpc) is 2.83. The van der Waals surface area contributed by atoms with E-state index in [2.05, 4.69) is 21.9 Å². The third kappa shape index (κ3) is 2.66. The van der Waals surface area contributed by atoms with Gasteiger partial charge in [-0.15, -0.1) is 0 Å². The predicted octanol–water partition coefficient (Wildman–Crippen LogP) is 2.01. The lowest BCUT2D eigenvalue weighted by atomic mass is 10.0. The lowest BCUT2D eigenvalue weighted by Gasteiger charge is -2.26. The molecule has 0 radical (unpaired) electrons. The van der Waals surface area contributed by atoms with Gasteiger partial charge in [0.2, 0.25) is 5.95 Å². The zero-order chi connectivity index (χ0) is 13.2. The van der Waals surface area contributed by atoms with E-state index >= 15 is 0 Å². The van der Waals surface area contributed by atoms with Gasteiger partial charge in [-0.3, -0.25) is 0 Å². The Morgan fingerprint density at radius 1 is 1.53 bits per heavy atom. The van der Waals surface area contributed by atoms with E-state index in [4.69, 9.17) is 10.5 Å². The Bertz CT molecular complexity index is 560. The third-order valence-electron chi connectivity index (χ3n) is 3.64. The molecule has 0 saturated carbocycles. The summed E-state index contributed by atoms with van der Waals surface area (Å²) in [7, 11) is 2.07. The molecular formula is C14H20N4O. The van der Waals surface area contributed by atoms with Crippen LogP contribution in [0.5, 0.6) is 0 Å². The number of aromatic amines is 1. The van der Waals surface area contributed by atoms with Crippen molar-refractivity contribution < 1.29 is 4.74 Å². The van der Waals surface area contributed by atoms with Crippen LogP contribution in [0.2, 0.25) is 0 Å². The van der Waals surface area contributed by atoms with Crippen LogP contribution in [0, 0.1) is 5.92 Å². The van der Waals surface area contributed by atoms with Gasteiger partial charge in [-0.1, -0.05) is 0 Å². The summed E-state index contributed by atoms with van der Waals surface area (Å²) in [6.07, 6.45) is 2.40. The van der Waals surface area contributed by atoms with E-state index in [-0.39, 0.29) is 0 Å². The molecule has 0 bridgehead atoms. The molecule has 1 saturated heterocycles. The molecule has 1 unspecified atom stereocenters. The van der Waals surface area contributed by atoms with Crippen LogP contribution in [-0.4, -0.2) is 36.8 Å². The van der Waals surface area contributed by atoms with E-state index in [9.17, 15) is 0 Å². The molecule has 19 heavy (non-hydrogen) atoms. The molecule has 0 amide bonds. The molecule has 1 fully saturated rings. The van der Waals surface area contributed by atoms with Crippen molar-refractivity contribution >= 4 is 22.7 Å². The molecule has 1 aliphatic rings. The second-order valence-corrected chi connectivity index (χ2v) is 5.30. The van der Waals surface area contributed by atoms with Crippen LogP contribution in [0.15, 0.2) is 18.2 Å². The standard InChI is InChI=1S/C14H20N4O/c1-18(8-10-3-2-6-19-9-10)14-16-12-5-4-11(15)7-13(12)17-14/h4-5,7,10H,2-3,6,8-9,15H2,1H3,(H,16,17). The van der Waals surface area contributed by atoms with Gasteiger partial charge in [0.05, 0.1) is 17.6 Å². The summed E-state index contributed by atoms with van der Waals surface area (Å²) in [4.78, 5) is 10.1. The molecule has 1 atom stereocenters. The van der Waals surface area contributed by atoms with Crippen molar-refractivity contribution in [3.05, 3.63) is 18.2 Å². The Hall–Kier alpha value is -1.75. The molecule has 1 aromatic heterocycles. The molecule has 1 aromatic carbocycles. The molecule has 2 heterocycles. The molecule has 3 rings (SSSR count). The zero-order valence-corrected chi connectivity index (χ0v) is 11.2. The maximum absolute atomic E-state index is 5.78. The first kappa shape index (κ1) is 12.3. The molecule has 5 nitrogen and oxygen atoms in total. The second-order valence-electron chi connectivity index (χ2n) is 5.30. The van der Waals surface area contributed by atoms with Gasteiger partial charge in [0.25, 0.3) is 0 Å². The van der Waals surface area contributed by atoms with E-state index in [1.807, 2.05) is 18.2 Å². The summed E-state index contributed by atoms with van der Waals surface area (Å²) in [6.45, 7) is 2.73. The average molecular weight is 260 g/mol. The Balaban J connectivity index is 1.75. The molecule has 102 valence electrons. The van der Waals surface area contributed by atoms with E-state index in [0.717, 1.165) is 48.8 Å². The highest BCUT2D eigenvalue weighted by Gasteiger charge is 2.17. The van der Waals surface area contributed by atoms with Gasteiger partial charge in [0.15, 0.2) is 0 Å². The van der Waals surface area contributed by atoms with Gasteiger partial charge in [-0.2, -0.15) is 0 Å². The van der Waals surface area contributed by atoms with Crippen molar-refractivity contribution in [3.63, 3.8) is 0 Å². The number of fused-ring (bicyclic) bond motifs is 1. The maximum atomic E-state index is 5.78. The largest absolute Gasteiger partial charge is 0.399 e. The normalized spacial score (nSPS) is 19.7. The van der Waals surface area contributed by atoms with Crippen molar-refractivity contribution in [2.75, 3.05) is 37.4 Å². The summed E-state index contributed by atoms with van der Waals surface area (Å²) in [5, 5.41) is 0. The van der Waals surface area contributed by atoms with Gasteiger partial charge in [0, 0.05) is 25.9 Å². The number of H-pyrrole nitrogens is 1. The second kappa shape index (κ2) is 5.09. The van der Waals surface area contributed by atoms with Gasteiger partial charge in [-0.25, -0.2) is 4.98 Å². The van der Waals surface area contributed by atoms with Crippen LogP contribution < -0.4 is 10.6 Å². The Morgan fingerprint density at radius 2 is 2.42 bits per heavy atom. The minimum absolute atomic E-state index is 0.594. The Kier molecular flexibility index (Phi) is 3.29. The number of rotatable bonds is 3. The summed E-state index contributed by atoms with van der Waals surface area (Å²) in [5.41, 5.74) is 8.48. The number of nitrogens with two attached hydrogens (primary N) is 1. The topological polar surface area (TPSA) is 67.2 Å². The lowest BCUT2D eigenvalue weighted by Crippen LogP contribution is -2.31. The van der Waals surface area contributed by atoms with E-state index in [1.54, 1.807) is 0 Å². The Morgan fingerprint density at radius 3 is 3.21 bits per heavy atom. The Labute approximate surface area is 112 Å². The number of anilines is 2. The van der Waals surface area contributed by atoms with Crippen molar-refractivity contribution in [2.24, 2.45) is 5.92 Å². The first-order chi connectivity index (χ1) is 9.22. The molecule has 1 aliphatic heterocycles. The highest BCUT2D eigenvalue weighted by atomic mass is 16.5. The molecule has 5 heteroatoms. The zero-order valence-electron chi connectivity index (χ0n) is 11.2. The minimum Gasteiger partial charge on any atom is -0.399 e. The lowest BCUT2D eigenvalue weighted by molar-refractivity contribution is 0.0575. The van der Waals surface area contributed by atoms with Gasteiger partial charge in [0.1, 0.15) is 0 Å². The SMILES string of the molecule is CN(CC1CCCOC1)c1nc2ccc(N)cc2[nH]1. The number of aromatic nitrogens is 2. The molecule has 3 N–H and O–H groups in total. The molecule has 0 aliphatic carbocycles. The van der Waals surface area contributed by atoms with Crippen LogP contribution in [0.4, 0.5) is 11.6 Å². The smallest absolute Gasteiger partial charge is 0.203 e. The number of benzene rings is 1. The number of hydrogen-bond donors (Lipinski definition) is 2. The van der Waals surface area contributed by atoms with Crippen LogP contribution in [0.25, 0.3) is 11.0 Å². The van der Waals surface area contributed by atoms with Crippen LogP contribution in [0.3, 0.4) is 0 Å². The van der Waals surface area contributed by atoms with Gasteiger partial charge in [-0.05, 0) is 37.0 Å². The van der Waals surface area contributed by atoms with Crippen molar-refractivity contribution in [3.8, 4) is 0 Å². The first-order valence-corrected chi connectivity index (χ1v) is 6.76. The third-order valence-corrected chi connectivity index (χ3v) is 3.64. The van der Waals surface area contributed by atoms with Crippen molar-refractivity contribution in [2.45, 2.75) is 12.8 Å². The van der Waals surface area contributed by atoms with Crippen LogP contribution >= 0.6 is 0 Å². The van der Waals surface area contributed by atoms with Crippen LogP contribution in [0.1, 0.15) is 12.8 Å². The molecule has 2 aromatic rings. The maximum Gasteiger partial charge on any atom is 0.203 e. The number of nitrogens with zero attached hydrogens (tertiary/aromatic N) is 2. The quantitative estimate of drug-likeness (QED) is 0.828. The van der Waals surface area contributed by atoms with Gasteiger partial charge >= 0.3 is 0 Å². The van der Waals surface area contributed by atoms with E-state index in [0.29, 0.717) is 5.92 Å².